The van der Waals surface area contributed by atoms with Gasteiger partial charge >= 0.3 is 0 Å². The Labute approximate surface area is 158 Å². The fourth-order valence-electron chi connectivity index (χ4n) is 4.23. The van der Waals surface area contributed by atoms with Crippen LogP contribution in [-0.4, -0.2) is 7.11 Å². The fourth-order valence-corrected chi connectivity index (χ4v) is 4.61. The lowest BCUT2D eigenvalue weighted by Gasteiger charge is -2.38. The van der Waals surface area contributed by atoms with E-state index < -0.39 is 0 Å². The van der Waals surface area contributed by atoms with Crippen molar-refractivity contribution in [2.24, 2.45) is 5.92 Å². The minimum absolute atomic E-state index is 0.254. The highest BCUT2D eigenvalue weighted by molar-refractivity contribution is 9.10. The molecule has 1 heterocycles. The molecule has 0 saturated heterocycles. The largest absolute Gasteiger partial charge is 0.496 e. The third kappa shape index (κ3) is 2.89. The van der Waals surface area contributed by atoms with Crippen LogP contribution in [0.4, 0.5) is 5.69 Å². The number of nitrogens with one attached hydrogen (secondary N) is 1. The number of benzene rings is 2. The van der Waals surface area contributed by atoms with Crippen LogP contribution in [0.2, 0.25) is 0 Å². The minimum Gasteiger partial charge on any atom is -0.496 e. The number of methoxy groups -OCH3 is 1. The smallest absolute Gasteiger partial charge is 0.124 e. The molecule has 0 fully saturated rings. The molecule has 0 radical (unpaired) electrons. The molecular weight excluding hydrogens is 374 g/mol. The van der Waals surface area contributed by atoms with E-state index in [1.54, 1.807) is 7.11 Å². The van der Waals surface area contributed by atoms with Crippen LogP contribution in [0, 0.1) is 5.92 Å². The van der Waals surface area contributed by atoms with Crippen molar-refractivity contribution in [3.63, 3.8) is 0 Å². The summed E-state index contributed by atoms with van der Waals surface area (Å²) in [6.45, 7) is 4.52. The Balaban J connectivity index is 1.80. The molecule has 3 heteroatoms. The Morgan fingerprint density at radius 3 is 2.72 bits per heavy atom. The number of halogens is 1. The van der Waals surface area contributed by atoms with Gasteiger partial charge in [-0.1, -0.05) is 54.1 Å². The van der Waals surface area contributed by atoms with E-state index in [9.17, 15) is 0 Å². The molecule has 0 spiro atoms. The summed E-state index contributed by atoms with van der Waals surface area (Å²) in [6.07, 6.45) is 5.83. The van der Waals surface area contributed by atoms with E-state index in [1.807, 2.05) is 6.07 Å². The van der Waals surface area contributed by atoms with Gasteiger partial charge in [-0.05, 0) is 53.6 Å². The van der Waals surface area contributed by atoms with Gasteiger partial charge in [0.25, 0.3) is 0 Å². The van der Waals surface area contributed by atoms with Crippen LogP contribution in [0.5, 0.6) is 5.75 Å². The summed E-state index contributed by atoms with van der Waals surface area (Å²) in [5.41, 5.74) is 5.34. The first-order chi connectivity index (χ1) is 12.1. The molecule has 130 valence electrons. The monoisotopic (exact) mass is 397 g/mol. The summed E-state index contributed by atoms with van der Waals surface area (Å²) >= 11 is 3.62. The Bertz CT molecular complexity index is 827. The molecule has 2 aromatic rings. The van der Waals surface area contributed by atoms with Crippen LogP contribution in [0.25, 0.3) is 0 Å². The number of anilines is 1. The van der Waals surface area contributed by atoms with Gasteiger partial charge in [-0.25, -0.2) is 0 Å². The lowest BCUT2D eigenvalue weighted by Crippen LogP contribution is -2.29. The molecule has 2 aliphatic rings. The van der Waals surface area contributed by atoms with Crippen molar-refractivity contribution in [3.8, 4) is 5.75 Å². The van der Waals surface area contributed by atoms with Gasteiger partial charge < -0.3 is 10.1 Å². The maximum Gasteiger partial charge on any atom is 0.124 e. The summed E-state index contributed by atoms with van der Waals surface area (Å²) < 4.78 is 6.75. The average molecular weight is 398 g/mol. The van der Waals surface area contributed by atoms with E-state index >= 15 is 0 Å². The summed E-state index contributed by atoms with van der Waals surface area (Å²) in [7, 11) is 1.75. The SMILES string of the molecule is COc1ccc(Br)cc1[C@@H]1Nc2ccc(C(C)C)cc2[C@@H]2C=CC[C@H]21. The first-order valence-electron chi connectivity index (χ1n) is 8.99. The van der Waals surface area contributed by atoms with E-state index in [1.165, 1.54) is 22.4 Å². The molecule has 0 aromatic heterocycles. The van der Waals surface area contributed by atoms with Crippen molar-refractivity contribution in [1.82, 2.24) is 0 Å². The Morgan fingerprint density at radius 1 is 1.12 bits per heavy atom. The zero-order valence-corrected chi connectivity index (χ0v) is 16.5. The highest BCUT2D eigenvalue weighted by atomic mass is 79.9. The topological polar surface area (TPSA) is 21.3 Å². The molecular formula is C22H24BrNO. The number of hydrogen-bond donors (Lipinski definition) is 1. The van der Waals surface area contributed by atoms with Gasteiger partial charge in [-0.2, -0.15) is 0 Å². The zero-order valence-electron chi connectivity index (χ0n) is 14.9. The number of fused-ring (bicyclic) bond motifs is 3. The van der Waals surface area contributed by atoms with E-state index in [2.05, 4.69) is 77.6 Å². The molecule has 3 atom stereocenters. The van der Waals surface area contributed by atoms with E-state index in [4.69, 9.17) is 4.74 Å². The number of ether oxygens (including phenoxy) is 1. The summed E-state index contributed by atoms with van der Waals surface area (Å²) in [5, 5.41) is 3.81. The van der Waals surface area contributed by atoms with Gasteiger partial charge in [0.2, 0.25) is 0 Å². The highest BCUT2D eigenvalue weighted by Gasteiger charge is 2.39. The maximum atomic E-state index is 5.66. The standard InChI is InChI=1S/C22H24BrNO/c1-13(2)14-7-9-20-18(11-14)16-5-4-6-17(16)22(24-20)19-12-15(23)8-10-21(19)25-3/h4-5,7-13,16-17,22,24H,6H2,1-3H3/t16-,17-,22-/m1/s1. The first-order valence-corrected chi connectivity index (χ1v) is 9.78. The number of allylic oxidation sites excluding steroid dienone is 2. The quantitative estimate of drug-likeness (QED) is 0.604. The van der Waals surface area contributed by atoms with Crippen molar-refractivity contribution in [2.75, 3.05) is 12.4 Å². The van der Waals surface area contributed by atoms with Crippen molar-refractivity contribution >= 4 is 21.6 Å². The molecule has 1 aliphatic heterocycles. The Hall–Kier alpha value is -1.74. The second-order valence-corrected chi connectivity index (χ2v) is 8.28. The van der Waals surface area contributed by atoms with E-state index in [0.29, 0.717) is 17.8 Å². The minimum atomic E-state index is 0.254. The van der Waals surface area contributed by atoms with Crippen LogP contribution in [0.15, 0.2) is 53.0 Å². The predicted octanol–water partition coefficient (Wildman–Crippen LogP) is 6.41. The molecule has 25 heavy (non-hydrogen) atoms. The molecule has 2 aromatic carbocycles. The predicted molar refractivity (Wildman–Crippen MR) is 108 cm³/mol. The van der Waals surface area contributed by atoms with Gasteiger partial charge in [0.05, 0.1) is 13.2 Å². The summed E-state index contributed by atoms with van der Waals surface area (Å²) in [6, 6.07) is 13.4. The molecule has 1 aliphatic carbocycles. The molecule has 0 saturated carbocycles. The normalized spacial score (nSPS) is 24.0. The van der Waals surface area contributed by atoms with Crippen LogP contribution < -0.4 is 10.1 Å². The van der Waals surface area contributed by atoms with Gasteiger partial charge in [0.1, 0.15) is 5.75 Å². The molecule has 1 N–H and O–H groups in total. The van der Waals surface area contributed by atoms with E-state index in [0.717, 1.165) is 16.6 Å². The molecule has 0 bridgehead atoms. The van der Waals surface area contributed by atoms with Crippen LogP contribution in [-0.2, 0) is 0 Å². The van der Waals surface area contributed by atoms with E-state index in [-0.39, 0.29) is 6.04 Å². The van der Waals surface area contributed by atoms with Crippen molar-refractivity contribution in [1.29, 1.82) is 0 Å². The third-order valence-corrected chi connectivity index (χ3v) is 6.07. The average Bonchev–Trinajstić information content (AvgIpc) is 3.10. The number of rotatable bonds is 3. The van der Waals surface area contributed by atoms with Crippen LogP contribution >= 0.6 is 15.9 Å². The Morgan fingerprint density at radius 2 is 1.96 bits per heavy atom. The van der Waals surface area contributed by atoms with Gasteiger partial charge in [-0.15, -0.1) is 0 Å². The fraction of sp³-hybridized carbons (Fsp3) is 0.364. The first kappa shape index (κ1) is 16.7. The molecule has 0 amide bonds. The van der Waals surface area contributed by atoms with Crippen molar-refractivity contribution in [3.05, 3.63) is 69.7 Å². The Kier molecular flexibility index (Phi) is 4.36. The summed E-state index contributed by atoms with van der Waals surface area (Å²) in [5.74, 6) is 2.51. The third-order valence-electron chi connectivity index (χ3n) is 5.58. The highest BCUT2D eigenvalue weighted by Crippen LogP contribution is 2.51. The van der Waals surface area contributed by atoms with Gasteiger partial charge in [0.15, 0.2) is 0 Å². The van der Waals surface area contributed by atoms with Crippen molar-refractivity contribution in [2.45, 2.75) is 38.1 Å². The lowest BCUT2D eigenvalue weighted by atomic mass is 9.76. The van der Waals surface area contributed by atoms with Crippen LogP contribution in [0.1, 0.15) is 54.8 Å². The zero-order chi connectivity index (χ0) is 17.6. The lowest BCUT2D eigenvalue weighted by molar-refractivity contribution is 0.381. The summed E-state index contributed by atoms with van der Waals surface area (Å²) in [4.78, 5) is 0. The second-order valence-electron chi connectivity index (χ2n) is 7.36. The number of hydrogen-bond acceptors (Lipinski definition) is 2. The van der Waals surface area contributed by atoms with Gasteiger partial charge in [-0.3, -0.25) is 0 Å². The molecule has 2 nitrogen and oxygen atoms in total. The second kappa shape index (κ2) is 6.53. The molecule has 0 unspecified atom stereocenters. The van der Waals surface area contributed by atoms with Crippen molar-refractivity contribution < 1.29 is 4.74 Å². The molecule has 4 rings (SSSR count). The van der Waals surface area contributed by atoms with Gasteiger partial charge in [0, 0.05) is 21.6 Å². The van der Waals surface area contributed by atoms with Crippen LogP contribution in [0.3, 0.4) is 0 Å². The maximum absolute atomic E-state index is 5.66.